The third-order valence-electron chi connectivity index (χ3n) is 1.35. The average Bonchev–Trinajstić information content (AvgIpc) is 1.87. The van der Waals surface area contributed by atoms with E-state index < -0.39 is 0 Å². The van der Waals surface area contributed by atoms with Crippen molar-refractivity contribution in [3.05, 3.63) is 0 Å². The summed E-state index contributed by atoms with van der Waals surface area (Å²) in [7, 11) is 0. The first-order valence-corrected chi connectivity index (χ1v) is 4.25. The topological polar surface area (TPSA) is 12.4 Å². The second-order valence-electron chi connectivity index (χ2n) is 3.07. The maximum Gasteiger partial charge on any atom is 0.0385 e. The van der Waals surface area contributed by atoms with Gasteiger partial charge in [0.05, 0.1) is 0 Å². The van der Waals surface area contributed by atoms with Crippen LogP contribution in [0.4, 0.5) is 0 Å². The second-order valence-corrected chi connectivity index (χ2v) is 3.07. The number of aliphatic imine (C=N–C) groups is 1. The maximum absolute atomic E-state index is 4.28. The molecule has 0 aliphatic heterocycles. The molecule has 0 rings (SSSR count). The molecule has 0 saturated carbocycles. The van der Waals surface area contributed by atoms with Crippen LogP contribution in [0.15, 0.2) is 4.99 Å². The van der Waals surface area contributed by atoms with Crippen molar-refractivity contribution in [3.8, 4) is 0 Å². The minimum absolute atomic E-state index is 0.755. The molecule has 0 aliphatic carbocycles. The fourth-order valence-corrected chi connectivity index (χ4v) is 0.626. The largest absolute Gasteiger partial charge is 0.298 e. The molecule has 0 radical (unpaired) electrons. The van der Waals surface area contributed by atoms with Crippen LogP contribution in [0.3, 0.4) is 0 Å². The molecule has 60 valence electrons. The van der Waals surface area contributed by atoms with Crippen LogP contribution in [-0.2, 0) is 0 Å². The Bertz CT molecular complexity index is 84.7. The average molecular weight is 141 g/mol. The minimum Gasteiger partial charge on any atom is -0.298 e. The van der Waals surface area contributed by atoms with Gasteiger partial charge in [-0.25, -0.2) is 0 Å². The summed E-state index contributed by atoms with van der Waals surface area (Å²) >= 11 is 0. The predicted molar refractivity (Wildman–Crippen MR) is 47.7 cm³/mol. The number of hydrogen-bond acceptors (Lipinski definition) is 1. The van der Waals surface area contributed by atoms with Crippen molar-refractivity contribution in [2.75, 3.05) is 6.54 Å². The Hall–Kier alpha value is -0.330. The number of nitrogens with zero attached hydrogens (tertiary/aromatic N) is 1. The van der Waals surface area contributed by atoms with E-state index in [2.05, 4.69) is 32.0 Å². The van der Waals surface area contributed by atoms with E-state index in [1.54, 1.807) is 0 Å². The lowest BCUT2D eigenvalue weighted by Gasteiger charge is -1.95. The van der Waals surface area contributed by atoms with Crippen molar-refractivity contribution >= 4 is 6.21 Å². The van der Waals surface area contributed by atoms with E-state index in [4.69, 9.17) is 0 Å². The zero-order valence-electron chi connectivity index (χ0n) is 7.43. The lowest BCUT2D eigenvalue weighted by atomic mass is 10.1. The van der Waals surface area contributed by atoms with Crippen LogP contribution in [0.1, 0.15) is 40.0 Å². The Morgan fingerprint density at radius 2 is 2.10 bits per heavy atom. The number of rotatable bonds is 5. The first-order valence-electron chi connectivity index (χ1n) is 4.25. The summed E-state index contributed by atoms with van der Waals surface area (Å²) in [5.41, 5.74) is 0. The van der Waals surface area contributed by atoms with Crippen molar-refractivity contribution in [2.45, 2.75) is 40.0 Å². The fraction of sp³-hybridized carbons (Fsp3) is 0.889. The molecule has 0 aliphatic rings. The predicted octanol–water partition coefficient (Wildman–Crippen LogP) is 2.90. The van der Waals surface area contributed by atoms with E-state index in [0.717, 1.165) is 18.9 Å². The van der Waals surface area contributed by atoms with Crippen molar-refractivity contribution in [3.63, 3.8) is 0 Å². The second kappa shape index (κ2) is 6.79. The van der Waals surface area contributed by atoms with Crippen molar-refractivity contribution in [2.24, 2.45) is 10.9 Å². The summed E-state index contributed by atoms with van der Waals surface area (Å²) in [4.78, 5) is 4.28. The van der Waals surface area contributed by atoms with Gasteiger partial charge in [-0.3, -0.25) is 4.99 Å². The van der Waals surface area contributed by atoms with Gasteiger partial charge >= 0.3 is 0 Å². The van der Waals surface area contributed by atoms with E-state index in [1.165, 1.54) is 12.8 Å². The van der Waals surface area contributed by atoms with Crippen LogP contribution < -0.4 is 0 Å². The van der Waals surface area contributed by atoms with Crippen LogP contribution >= 0.6 is 0 Å². The fourth-order valence-electron chi connectivity index (χ4n) is 0.626. The summed E-state index contributed by atoms with van der Waals surface area (Å²) in [5, 5.41) is 0. The molecular weight excluding hydrogens is 122 g/mol. The molecule has 0 unspecified atom stereocenters. The molecule has 0 heterocycles. The van der Waals surface area contributed by atoms with Gasteiger partial charge in [0.2, 0.25) is 0 Å². The molecule has 10 heavy (non-hydrogen) atoms. The Kier molecular flexibility index (Phi) is 6.56. The molecule has 0 aromatic heterocycles. The molecule has 0 N–H and O–H groups in total. The van der Waals surface area contributed by atoms with Gasteiger partial charge in [0, 0.05) is 6.54 Å². The Labute approximate surface area is 64.6 Å². The molecule has 0 aromatic carbocycles. The van der Waals surface area contributed by atoms with Crippen molar-refractivity contribution in [1.29, 1.82) is 0 Å². The molecule has 0 atom stereocenters. The van der Waals surface area contributed by atoms with Gasteiger partial charge in [-0.1, -0.05) is 27.2 Å². The monoisotopic (exact) mass is 141 g/mol. The van der Waals surface area contributed by atoms with Crippen LogP contribution in [-0.4, -0.2) is 12.8 Å². The molecule has 0 aromatic rings. The zero-order chi connectivity index (χ0) is 7.82. The zero-order valence-corrected chi connectivity index (χ0v) is 7.43. The van der Waals surface area contributed by atoms with E-state index in [1.807, 2.05) is 0 Å². The third kappa shape index (κ3) is 7.67. The molecule has 1 nitrogen and oxygen atoms in total. The van der Waals surface area contributed by atoms with Crippen LogP contribution in [0.25, 0.3) is 0 Å². The third-order valence-corrected chi connectivity index (χ3v) is 1.35. The van der Waals surface area contributed by atoms with Gasteiger partial charge in [-0.2, -0.15) is 0 Å². The minimum atomic E-state index is 0.755. The quantitative estimate of drug-likeness (QED) is 0.412. The highest BCUT2D eigenvalue weighted by molar-refractivity contribution is 5.57. The highest BCUT2D eigenvalue weighted by Gasteiger charge is 1.86. The maximum atomic E-state index is 4.28. The van der Waals surface area contributed by atoms with Gasteiger partial charge in [0.15, 0.2) is 0 Å². The first kappa shape index (κ1) is 9.67. The van der Waals surface area contributed by atoms with E-state index >= 15 is 0 Å². The van der Waals surface area contributed by atoms with Gasteiger partial charge in [0.25, 0.3) is 0 Å². The molecule has 0 bridgehead atoms. The lowest BCUT2D eigenvalue weighted by Crippen LogP contribution is -1.88. The normalized spacial score (nSPS) is 11.6. The van der Waals surface area contributed by atoms with Gasteiger partial charge < -0.3 is 0 Å². The van der Waals surface area contributed by atoms with Crippen LogP contribution in [0.2, 0.25) is 0 Å². The van der Waals surface area contributed by atoms with E-state index in [9.17, 15) is 0 Å². The SMILES string of the molecule is CCCCN=CCC(C)C. The molecule has 0 fully saturated rings. The lowest BCUT2D eigenvalue weighted by molar-refractivity contribution is 0.687. The van der Waals surface area contributed by atoms with Gasteiger partial charge in [-0.05, 0) is 25.0 Å². The van der Waals surface area contributed by atoms with Gasteiger partial charge in [-0.15, -0.1) is 0 Å². The Morgan fingerprint density at radius 3 is 2.60 bits per heavy atom. The summed E-state index contributed by atoms with van der Waals surface area (Å²) in [5.74, 6) is 0.755. The number of unbranched alkanes of at least 4 members (excludes halogenated alkanes) is 1. The van der Waals surface area contributed by atoms with Crippen LogP contribution in [0, 0.1) is 5.92 Å². The van der Waals surface area contributed by atoms with Crippen molar-refractivity contribution < 1.29 is 0 Å². The number of hydrogen-bond donors (Lipinski definition) is 0. The highest BCUT2D eigenvalue weighted by Crippen LogP contribution is 1.95. The van der Waals surface area contributed by atoms with E-state index in [-0.39, 0.29) is 0 Å². The molecule has 0 spiro atoms. The van der Waals surface area contributed by atoms with Gasteiger partial charge in [0.1, 0.15) is 0 Å². The molecule has 1 heteroatoms. The highest BCUT2D eigenvalue weighted by atomic mass is 14.7. The molecule has 0 amide bonds. The Balaban J connectivity index is 3.04. The smallest absolute Gasteiger partial charge is 0.0385 e. The molecular formula is C9H19N. The molecule has 0 saturated heterocycles. The van der Waals surface area contributed by atoms with E-state index in [0.29, 0.717) is 0 Å². The summed E-state index contributed by atoms with van der Waals surface area (Å²) < 4.78 is 0. The summed E-state index contributed by atoms with van der Waals surface area (Å²) in [6.07, 6.45) is 5.66. The first-order chi connectivity index (χ1) is 4.77. The van der Waals surface area contributed by atoms with Crippen molar-refractivity contribution in [1.82, 2.24) is 0 Å². The Morgan fingerprint density at radius 1 is 1.40 bits per heavy atom. The van der Waals surface area contributed by atoms with Crippen LogP contribution in [0.5, 0.6) is 0 Å². The summed E-state index contributed by atoms with van der Waals surface area (Å²) in [6.45, 7) is 7.64. The standard InChI is InChI=1S/C9H19N/c1-4-5-7-10-8-6-9(2)3/h8-9H,4-7H2,1-3H3. The summed E-state index contributed by atoms with van der Waals surface area (Å²) in [6, 6.07) is 0.